The van der Waals surface area contributed by atoms with Gasteiger partial charge in [-0.15, -0.1) is 12.4 Å². The molecule has 0 unspecified atom stereocenters. The van der Waals surface area contributed by atoms with E-state index in [2.05, 4.69) is 10.6 Å². The number of nitrogens with zero attached hydrogens (tertiary/aromatic N) is 1. The molecular weight excluding hydrogens is 318 g/mol. The number of hydrogen-bond acceptors (Lipinski definition) is 4. The fraction of sp³-hybridized carbons (Fsp3) is 0.500. The van der Waals surface area contributed by atoms with Crippen LogP contribution in [0.4, 0.5) is 0 Å². The van der Waals surface area contributed by atoms with Crippen LogP contribution < -0.4 is 15.4 Å². The molecule has 128 valence electrons. The summed E-state index contributed by atoms with van der Waals surface area (Å²) in [5.74, 6) is 0.118. The second kappa shape index (κ2) is 9.37. The molecule has 1 heterocycles. The third-order valence-corrected chi connectivity index (χ3v) is 3.61. The minimum Gasteiger partial charge on any atom is -0.483 e. The standard InChI is InChI=1S/C16H23N3O3.ClH/c1-19(2)15(20)11-22-14-8-4-3-7-13(14)16(21)18-12-6-5-9-17-10-12;/h3-4,7-8,12,17H,5-6,9-11H2,1-2H3,(H,18,21);1H/t12-;/m0./s1. The van der Waals surface area contributed by atoms with Crippen molar-refractivity contribution < 1.29 is 14.3 Å². The lowest BCUT2D eigenvalue weighted by Gasteiger charge is -2.24. The molecule has 0 aliphatic carbocycles. The van der Waals surface area contributed by atoms with E-state index in [1.165, 1.54) is 4.90 Å². The molecule has 0 bridgehead atoms. The molecule has 0 aromatic heterocycles. The predicted octanol–water partition coefficient (Wildman–Crippen LogP) is 1.06. The smallest absolute Gasteiger partial charge is 0.259 e. The summed E-state index contributed by atoms with van der Waals surface area (Å²) in [7, 11) is 3.33. The van der Waals surface area contributed by atoms with Gasteiger partial charge in [0.15, 0.2) is 6.61 Å². The summed E-state index contributed by atoms with van der Waals surface area (Å²) < 4.78 is 5.50. The zero-order valence-corrected chi connectivity index (χ0v) is 14.3. The van der Waals surface area contributed by atoms with Gasteiger partial charge in [-0.3, -0.25) is 9.59 Å². The Morgan fingerprint density at radius 1 is 1.35 bits per heavy atom. The number of benzene rings is 1. The van der Waals surface area contributed by atoms with Gasteiger partial charge in [0.2, 0.25) is 0 Å². The molecule has 1 fully saturated rings. The van der Waals surface area contributed by atoms with Crippen LogP contribution in [0.15, 0.2) is 24.3 Å². The molecule has 1 saturated heterocycles. The van der Waals surface area contributed by atoms with E-state index in [9.17, 15) is 9.59 Å². The largest absolute Gasteiger partial charge is 0.483 e. The van der Waals surface area contributed by atoms with E-state index in [4.69, 9.17) is 4.74 Å². The number of rotatable bonds is 5. The van der Waals surface area contributed by atoms with Gasteiger partial charge in [0.1, 0.15) is 5.75 Å². The molecule has 23 heavy (non-hydrogen) atoms. The van der Waals surface area contributed by atoms with Crippen molar-refractivity contribution in [1.29, 1.82) is 0 Å². The normalized spacial score (nSPS) is 16.9. The number of carbonyl (C=O) groups excluding carboxylic acids is 2. The second-order valence-corrected chi connectivity index (χ2v) is 5.59. The Hall–Kier alpha value is -1.79. The van der Waals surface area contributed by atoms with Gasteiger partial charge < -0.3 is 20.3 Å². The van der Waals surface area contributed by atoms with Crippen molar-refractivity contribution in [2.75, 3.05) is 33.8 Å². The van der Waals surface area contributed by atoms with Crippen LogP contribution in [0.2, 0.25) is 0 Å². The number of likely N-dealkylation sites (N-methyl/N-ethyl adjacent to an activating group) is 1. The summed E-state index contributed by atoms with van der Waals surface area (Å²) in [5.41, 5.74) is 0.458. The van der Waals surface area contributed by atoms with E-state index in [0.29, 0.717) is 11.3 Å². The van der Waals surface area contributed by atoms with Crippen LogP contribution in [-0.2, 0) is 4.79 Å². The molecule has 0 radical (unpaired) electrons. The fourth-order valence-corrected chi connectivity index (χ4v) is 2.29. The zero-order chi connectivity index (χ0) is 15.9. The van der Waals surface area contributed by atoms with Crippen LogP contribution in [0.25, 0.3) is 0 Å². The molecule has 2 amide bonds. The first kappa shape index (κ1) is 19.3. The first-order valence-electron chi connectivity index (χ1n) is 7.51. The van der Waals surface area contributed by atoms with Crippen LogP contribution in [0.1, 0.15) is 23.2 Å². The fourth-order valence-electron chi connectivity index (χ4n) is 2.29. The number of ether oxygens (including phenoxy) is 1. The van der Waals surface area contributed by atoms with E-state index in [1.807, 2.05) is 0 Å². The highest BCUT2D eigenvalue weighted by Gasteiger charge is 2.19. The number of amides is 2. The van der Waals surface area contributed by atoms with Crippen molar-refractivity contribution in [3.05, 3.63) is 29.8 Å². The summed E-state index contributed by atoms with van der Waals surface area (Å²) in [5, 5.41) is 6.27. The van der Waals surface area contributed by atoms with Crippen molar-refractivity contribution >= 4 is 24.2 Å². The van der Waals surface area contributed by atoms with Gasteiger partial charge in [-0.1, -0.05) is 12.1 Å². The zero-order valence-electron chi connectivity index (χ0n) is 13.5. The predicted molar refractivity (Wildman–Crippen MR) is 91.2 cm³/mol. The maximum atomic E-state index is 12.4. The molecule has 1 aliphatic rings. The molecule has 1 aromatic carbocycles. The maximum Gasteiger partial charge on any atom is 0.259 e. The Morgan fingerprint density at radius 2 is 2.09 bits per heavy atom. The molecule has 2 rings (SSSR count). The lowest BCUT2D eigenvalue weighted by atomic mass is 10.1. The topological polar surface area (TPSA) is 70.7 Å². The average Bonchev–Trinajstić information content (AvgIpc) is 2.53. The Bertz CT molecular complexity index is 531. The highest BCUT2D eigenvalue weighted by atomic mass is 35.5. The molecule has 1 atom stereocenters. The van der Waals surface area contributed by atoms with Gasteiger partial charge in [-0.05, 0) is 31.5 Å². The van der Waals surface area contributed by atoms with Gasteiger partial charge in [-0.2, -0.15) is 0 Å². The SMILES string of the molecule is CN(C)C(=O)COc1ccccc1C(=O)N[C@H]1CCCNC1.Cl. The second-order valence-electron chi connectivity index (χ2n) is 5.59. The summed E-state index contributed by atoms with van der Waals surface area (Å²) in [6.45, 7) is 1.70. The lowest BCUT2D eigenvalue weighted by Crippen LogP contribution is -2.45. The quantitative estimate of drug-likeness (QED) is 0.840. The number of carbonyl (C=O) groups is 2. The minimum absolute atomic E-state index is 0. The Labute approximate surface area is 143 Å². The monoisotopic (exact) mass is 341 g/mol. The lowest BCUT2D eigenvalue weighted by molar-refractivity contribution is -0.130. The van der Waals surface area contributed by atoms with Gasteiger partial charge >= 0.3 is 0 Å². The van der Waals surface area contributed by atoms with Crippen molar-refractivity contribution in [2.24, 2.45) is 0 Å². The van der Waals surface area contributed by atoms with E-state index in [1.54, 1.807) is 38.4 Å². The first-order valence-corrected chi connectivity index (χ1v) is 7.51. The van der Waals surface area contributed by atoms with Crippen molar-refractivity contribution in [3.8, 4) is 5.75 Å². The van der Waals surface area contributed by atoms with Crippen LogP contribution in [0.5, 0.6) is 5.75 Å². The van der Waals surface area contributed by atoms with Gasteiger partial charge in [0.25, 0.3) is 11.8 Å². The highest BCUT2D eigenvalue weighted by molar-refractivity contribution is 5.97. The molecular formula is C16H24ClN3O3. The third kappa shape index (κ3) is 5.73. The molecule has 7 heteroatoms. The van der Waals surface area contributed by atoms with E-state index < -0.39 is 0 Å². The van der Waals surface area contributed by atoms with E-state index in [0.717, 1.165) is 25.9 Å². The molecule has 0 saturated carbocycles. The Kier molecular flexibility index (Phi) is 7.85. The summed E-state index contributed by atoms with van der Waals surface area (Å²) in [4.78, 5) is 25.5. The van der Waals surface area contributed by atoms with Crippen LogP contribution in [0, 0.1) is 0 Å². The van der Waals surface area contributed by atoms with Crippen LogP contribution in [0.3, 0.4) is 0 Å². The van der Waals surface area contributed by atoms with E-state index >= 15 is 0 Å². The van der Waals surface area contributed by atoms with E-state index in [-0.39, 0.29) is 36.9 Å². The summed E-state index contributed by atoms with van der Waals surface area (Å²) >= 11 is 0. The molecule has 2 N–H and O–H groups in total. The number of para-hydroxylation sites is 1. The number of nitrogens with one attached hydrogen (secondary N) is 2. The summed E-state index contributed by atoms with van der Waals surface area (Å²) in [6, 6.07) is 7.12. The average molecular weight is 342 g/mol. The minimum atomic E-state index is -0.165. The Balaban J connectivity index is 0.00000264. The van der Waals surface area contributed by atoms with Crippen LogP contribution >= 0.6 is 12.4 Å². The molecule has 1 aliphatic heterocycles. The van der Waals surface area contributed by atoms with Crippen LogP contribution in [-0.4, -0.2) is 56.5 Å². The molecule has 6 nitrogen and oxygen atoms in total. The maximum absolute atomic E-state index is 12.4. The third-order valence-electron chi connectivity index (χ3n) is 3.61. The van der Waals surface area contributed by atoms with Crippen molar-refractivity contribution in [3.63, 3.8) is 0 Å². The van der Waals surface area contributed by atoms with Gasteiger partial charge in [0, 0.05) is 26.7 Å². The van der Waals surface area contributed by atoms with Crippen molar-refractivity contribution in [2.45, 2.75) is 18.9 Å². The van der Waals surface area contributed by atoms with Crippen molar-refractivity contribution in [1.82, 2.24) is 15.5 Å². The molecule has 0 spiro atoms. The van der Waals surface area contributed by atoms with Gasteiger partial charge in [-0.25, -0.2) is 0 Å². The number of hydrogen-bond donors (Lipinski definition) is 2. The highest BCUT2D eigenvalue weighted by Crippen LogP contribution is 2.18. The number of halogens is 1. The Morgan fingerprint density at radius 3 is 2.74 bits per heavy atom. The van der Waals surface area contributed by atoms with Gasteiger partial charge in [0.05, 0.1) is 5.56 Å². The first-order chi connectivity index (χ1) is 10.6. The summed E-state index contributed by atoms with van der Waals surface area (Å²) in [6.07, 6.45) is 2.03. The molecule has 1 aromatic rings. The number of piperidine rings is 1.